The molecular weight excluding hydrogens is 536 g/mol. The number of carboxylic acid groups (broad SMARTS) is 2. The maximum atomic E-state index is 12.2. The van der Waals surface area contributed by atoms with Crippen LogP contribution in [0.4, 0.5) is 0 Å². The Labute approximate surface area is 232 Å². The Morgan fingerprint density at radius 2 is 1.28 bits per heavy atom. The molecule has 0 aromatic rings. The molecule has 3 amide bonds. The summed E-state index contributed by atoms with van der Waals surface area (Å²) in [5.41, 5.74) is 0. The molecule has 0 bridgehead atoms. The second kappa shape index (κ2) is 22.1. The maximum Gasteiger partial charge on any atom is 0.326 e. The standard InChI is InChI=1S/C24H42N4O10S/c1-16(2)25-10-4-5-20(30)27-18(24(35)36)7-9-21(31)28-17(23(33)34)6-8-19(29)26-11-12-37-13-14-38-15-22(32)39-3/h16-18,25H,4-15H2,1-3H3,(H,26,29)(H,27,30)(H,28,31)(H,33,34)(H,35,36)/t17-,18-/m0/s1. The van der Waals surface area contributed by atoms with Crippen molar-refractivity contribution < 1.29 is 48.5 Å². The molecule has 15 heteroatoms. The molecule has 0 fully saturated rings. The molecule has 2 atom stereocenters. The van der Waals surface area contributed by atoms with Crippen LogP contribution < -0.4 is 21.3 Å². The lowest BCUT2D eigenvalue weighted by Gasteiger charge is -2.17. The first kappa shape index (κ1) is 36.2. The predicted molar refractivity (Wildman–Crippen MR) is 143 cm³/mol. The molecule has 0 aliphatic rings. The topological polar surface area (TPSA) is 209 Å². The fraction of sp³-hybridized carbons (Fsp3) is 0.750. The normalized spacial score (nSPS) is 12.4. The molecule has 14 nitrogen and oxygen atoms in total. The molecule has 0 aliphatic carbocycles. The quantitative estimate of drug-likeness (QED) is 0.0848. The first-order valence-corrected chi connectivity index (χ1v) is 13.9. The second-order valence-electron chi connectivity index (χ2n) is 8.80. The lowest BCUT2D eigenvalue weighted by Crippen LogP contribution is -2.44. The number of nitrogens with one attached hydrogen (secondary N) is 4. The lowest BCUT2D eigenvalue weighted by atomic mass is 10.1. The zero-order chi connectivity index (χ0) is 29.6. The van der Waals surface area contributed by atoms with E-state index in [9.17, 15) is 39.0 Å². The van der Waals surface area contributed by atoms with E-state index in [4.69, 9.17) is 9.47 Å². The fourth-order valence-electron chi connectivity index (χ4n) is 3.02. The van der Waals surface area contributed by atoms with Gasteiger partial charge in [0, 0.05) is 31.8 Å². The second-order valence-corrected chi connectivity index (χ2v) is 9.66. The van der Waals surface area contributed by atoms with Crippen molar-refractivity contribution in [2.45, 2.75) is 70.5 Å². The Hall–Kier alpha value is -2.75. The summed E-state index contributed by atoms with van der Waals surface area (Å²) in [4.78, 5) is 70.2. The van der Waals surface area contributed by atoms with Crippen LogP contribution in [0.3, 0.4) is 0 Å². The predicted octanol–water partition coefficient (Wildman–Crippen LogP) is -0.497. The van der Waals surface area contributed by atoms with Crippen molar-refractivity contribution in [2.75, 3.05) is 45.8 Å². The van der Waals surface area contributed by atoms with Crippen LogP contribution in [0.2, 0.25) is 0 Å². The highest BCUT2D eigenvalue weighted by Crippen LogP contribution is 2.03. The number of amides is 3. The summed E-state index contributed by atoms with van der Waals surface area (Å²) in [6.07, 6.45) is 1.42. The Morgan fingerprint density at radius 3 is 1.82 bits per heavy atom. The van der Waals surface area contributed by atoms with E-state index >= 15 is 0 Å². The van der Waals surface area contributed by atoms with Crippen molar-refractivity contribution in [3.05, 3.63) is 0 Å². The van der Waals surface area contributed by atoms with Gasteiger partial charge in [0.1, 0.15) is 18.7 Å². The zero-order valence-electron chi connectivity index (χ0n) is 22.8. The number of carbonyl (C=O) groups is 6. The van der Waals surface area contributed by atoms with Gasteiger partial charge in [-0.25, -0.2) is 9.59 Å². The van der Waals surface area contributed by atoms with Gasteiger partial charge >= 0.3 is 11.9 Å². The molecule has 39 heavy (non-hydrogen) atoms. The monoisotopic (exact) mass is 578 g/mol. The molecule has 0 radical (unpaired) electrons. The third-order valence-electron chi connectivity index (χ3n) is 5.11. The van der Waals surface area contributed by atoms with E-state index in [0.29, 0.717) is 13.0 Å². The third-order valence-corrected chi connectivity index (χ3v) is 5.68. The average molecular weight is 579 g/mol. The van der Waals surface area contributed by atoms with Crippen molar-refractivity contribution in [3.8, 4) is 0 Å². The van der Waals surface area contributed by atoms with Gasteiger partial charge < -0.3 is 41.0 Å². The first-order chi connectivity index (χ1) is 18.5. The molecule has 0 aliphatic heterocycles. The van der Waals surface area contributed by atoms with E-state index in [1.165, 1.54) is 0 Å². The van der Waals surface area contributed by atoms with E-state index in [2.05, 4.69) is 21.3 Å². The van der Waals surface area contributed by atoms with E-state index in [1.54, 1.807) is 6.26 Å². The number of carbonyl (C=O) groups excluding carboxylic acids is 4. The molecule has 0 unspecified atom stereocenters. The van der Waals surface area contributed by atoms with Crippen molar-refractivity contribution in [1.82, 2.24) is 21.3 Å². The van der Waals surface area contributed by atoms with Gasteiger partial charge in [0.25, 0.3) is 0 Å². The third kappa shape index (κ3) is 20.8. The van der Waals surface area contributed by atoms with Gasteiger partial charge in [-0.1, -0.05) is 25.6 Å². The van der Waals surface area contributed by atoms with Crippen LogP contribution in [-0.2, 0) is 38.2 Å². The van der Waals surface area contributed by atoms with Crippen LogP contribution in [-0.4, -0.2) is 109 Å². The number of aliphatic carboxylic acids is 2. The molecular formula is C24H42N4O10S. The summed E-state index contributed by atoms with van der Waals surface area (Å²) in [6.45, 7) is 5.38. The Morgan fingerprint density at radius 1 is 0.744 bits per heavy atom. The molecule has 0 spiro atoms. The summed E-state index contributed by atoms with van der Waals surface area (Å²) in [5.74, 6) is -4.23. The number of hydrogen-bond donors (Lipinski definition) is 6. The summed E-state index contributed by atoms with van der Waals surface area (Å²) in [6, 6.07) is -2.36. The van der Waals surface area contributed by atoms with Crippen LogP contribution in [0, 0.1) is 0 Å². The summed E-state index contributed by atoms with van der Waals surface area (Å²) < 4.78 is 10.3. The van der Waals surface area contributed by atoms with E-state index in [1.807, 2.05) is 13.8 Å². The smallest absolute Gasteiger partial charge is 0.326 e. The number of carboxylic acids is 2. The molecule has 0 heterocycles. The van der Waals surface area contributed by atoms with Gasteiger partial charge in [0.05, 0.1) is 19.8 Å². The minimum Gasteiger partial charge on any atom is -0.480 e. The van der Waals surface area contributed by atoms with Gasteiger partial charge in [-0.2, -0.15) is 0 Å². The number of thioether (sulfide) groups is 1. The highest BCUT2D eigenvalue weighted by Gasteiger charge is 2.24. The van der Waals surface area contributed by atoms with E-state index in [0.717, 1.165) is 11.8 Å². The SMILES string of the molecule is CSC(=O)COCCOCCNC(=O)CC[C@H](NC(=O)CC[C@H](NC(=O)CCCNC(C)C)C(=O)O)C(=O)O. The van der Waals surface area contributed by atoms with Gasteiger partial charge in [-0.15, -0.1) is 0 Å². The minimum absolute atomic E-state index is 0.00395. The van der Waals surface area contributed by atoms with Gasteiger partial charge in [0.15, 0.2) is 0 Å². The Balaban J connectivity index is 4.28. The van der Waals surface area contributed by atoms with Crippen LogP contribution in [0.25, 0.3) is 0 Å². The largest absolute Gasteiger partial charge is 0.480 e. The van der Waals surface area contributed by atoms with Crippen LogP contribution in [0.15, 0.2) is 0 Å². The van der Waals surface area contributed by atoms with Crippen molar-refractivity contribution >= 4 is 46.5 Å². The highest BCUT2D eigenvalue weighted by atomic mass is 32.2. The molecule has 6 N–H and O–H groups in total. The molecule has 0 saturated carbocycles. The summed E-state index contributed by atoms with van der Waals surface area (Å²) in [5, 5.41) is 29.0. The molecule has 0 aromatic carbocycles. The van der Waals surface area contributed by atoms with Crippen LogP contribution >= 0.6 is 11.8 Å². The highest BCUT2D eigenvalue weighted by molar-refractivity contribution is 8.13. The molecule has 0 saturated heterocycles. The summed E-state index contributed by atoms with van der Waals surface area (Å²) in [7, 11) is 0. The minimum atomic E-state index is -1.34. The summed E-state index contributed by atoms with van der Waals surface area (Å²) >= 11 is 1.07. The van der Waals surface area contributed by atoms with Crippen molar-refractivity contribution in [3.63, 3.8) is 0 Å². The molecule has 0 rings (SSSR count). The molecule has 0 aromatic heterocycles. The number of hydrogen-bond acceptors (Lipinski definition) is 10. The van der Waals surface area contributed by atoms with Crippen molar-refractivity contribution in [1.29, 1.82) is 0 Å². The van der Waals surface area contributed by atoms with E-state index < -0.39 is 41.7 Å². The number of rotatable bonds is 23. The van der Waals surface area contributed by atoms with Gasteiger partial charge in [-0.3, -0.25) is 19.2 Å². The van der Waals surface area contributed by atoms with Gasteiger partial charge in [0.2, 0.25) is 22.8 Å². The maximum absolute atomic E-state index is 12.2. The van der Waals surface area contributed by atoms with Crippen LogP contribution in [0.1, 0.15) is 52.4 Å². The lowest BCUT2D eigenvalue weighted by molar-refractivity contribution is -0.143. The fourth-order valence-corrected chi connectivity index (χ4v) is 3.22. The number of ether oxygens (including phenoxy) is 2. The van der Waals surface area contributed by atoms with Crippen LogP contribution in [0.5, 0.6) is 0 Å². The zero-order valence-corrected chi connectivity index (χ0v) is 23.6. The van der Waals surface area contributed by atoms with E-state index in [-0.39, 0.29) is 76.2 Å². The molecule has 224 valence electrons. The van der Waals surface area contributed by atoms with Crippen molar-refractivity contribution in [2.24, 2.45) is 0 Å². The Kier molecular flexibility index (Phi) is 20.5. The first-order valence-electron chi connectivity index (χ1n) is 12.7. The van der Waals surface area contributed by atoms with Gasteiger partial charge in [-0.05, 0) is 32.1 Å². The average Bonchev–Trinajstić information content (AvgIpc) is 2.87. The Bertz CT molecular complexity index is 797.